The van der Waals surface area contributed by atoms with Crippen molar-refractivity contribution in [2.75, 3.05) is 13.2 Å². The van der Waals surface area contributed by atoms with Crippen molar-refractivity contribution in [3.05, 3.63) is 0 Å². The van der Waals surface area contributed by atoms with Crippen LogP contribution in [-0.4, -0.2) is 55.8 Å². The summed E-state index contributed by atoms with van der Waals surface area (Å²) in [6.45, 7) is 0.300. The summed E-state index contributed by atoms with van der Waals surface area (Å²) < 4.78 is 19.2. The van der Waals surface area contributed by atoms with Gasteiger partial charge in [-0.3, -0.25) is 4.52 Å². The maximum atomic E-state index is 10.4. The minimum Gasteiger partial charge on any atom is -0.385 e. The van der Waals surface area contributed by atoms with Gasteiger partial charge in [-0.05, 0) is 6.42 Å². The van der Waals surface area contributed by atoms with Crippen molar-refractivity contribution in [1.82, 2.24) is 0 Å². The zero-order chi connectivity index (χ0) is 12.6. The number of rotatable bonds is 4. The van der Waals surface area contributed by atoms with Gasteiger partial charge in [0.2, 0.25) is 5.79 Å². The molecule has 0 amide bonds. The van der Waals surface area contributed by atoms with Crippen molar-refractivity contribution in [1.29, 1.82) is 0 Å². The number of aliphatic hydroxyl groups excluding tert-OH is 1. The standard InChI is InChI=1S/C7H15O8P/c1-2-6(9)3-14-7(10,5(6)8)4-15-16(11,12)13/h5,8-10H,2-4H2,1H3,(H2,11,12,13)/t5-,6-,7?/m1/s1. The third-order valence-corrected chi connectivity index (χ3v) is 3.03. The smallest absolute Gasteiger partial charge is 0.385 e. The van der Waals surface area contributed by atoms with E-state index in [1.807, 2.05) is 0 Å². The molecule has 0 radical (unpaired) electrons. The van der Waals surface area contributed by atoms with Gasteiger partial charge in [0.1, 0.15) is 18.3 Å². The molecule has 1 aliphatic rings. The van der Waals surface area contributed by atoms with E-state index in [-0.39, 0.29) is 13.0 Å². The van der Waals surface area contributed by atoms with Gasteiger partial charge in [0.25, 0.3) is 0 Å². The van der Waals surface area contributed by atoms with E-state index in [0.717, 1.165) is 0 Å². The van der Waals surface area contributed by atoms with Crippen molar-refractivity contribution in [2.45, 2.75) is 30.8 Å². The SMILES string of the molecule is CC[C@@]1(O)COC(O)(COP(=O)(O)O)[C@@H]1O. The van der Waals surface area contributed by atoms with Crippen LogP contribution in [0.5, 0.6) is 0 Å². The van der Waals surface area contributed by atoms with Crippen LogP contribution in [0.3, 0.4) is 0 Å². The van der Waals surface area contributed by atoms with E-state index in [1.165, 1.54) is 0 Å². The van der Waals surface area contributed by atoms with E-state index < -0.39 is 31.9 Å². The third kappa shape index (κ3) is 2.79. The van der Waals surface area contributed by atoms with Crippen LogP contribution in [0.4, 0.5) is 0 Å². The van der Waals surface area contributed by atoms with Crippen molar-refractivity contribution >= 4 is 7.82 Å². The van der Waals surface area contributed by atoms with Crippen LogP contribution in [0.15, 0.2) is 0 Å². The second-order valence-electron chi connectivity index (χ2n) is 3.76. The maximum Gasteiger partial charge on any atom is 0.469 e. The van der Waals surface area contributed by atoms with Crippen LogP contribution < -0.4 is 0 Å². The van der Waals surface area contributed by atoms with Crippen molar-refractivity contribution < 1.29 is 38.9 Å². The molecule has 0 saturated carbocycles. The van der Waals surface area contributed by atoms with E-state index in [2.05, 4.69) is 4.52 Å². The highest BCUT2D eigenvalue weighted by atomic mass is 31.2. The highest BCUT2D eigenvalue weighted by Gasteiger charge is 2.56. The molecule has 0 bridgehead atoms. The van der Waals surface area contributed by atoms with E-state index in [0.29, 0.717) is 0 Å². The second kappa shape index (κ2) is 4.32. The normalized spacial score (nSPS) is 40.2. The minimum absolute atomic E-state index is 0.117. The van der Waals surface area contributed by atoms with Crippen LogP contribution in [0.25, 0.3) is 0 Å². The largest absolute Gasteiger partial charge is 0.469 e. The van der Waals surface area contributed by atoms with Crippen LogP contribution >= 0.6 is 7.82 Å². The Morgan fingerprint density at radius 2 is 2.06 bits per heavy atom. The number of phosphoric ester groups is 1. The molecule has 1 fully saturated rings. The predicted octanol–water partition coefficient (Wildman–Crippen LogP) is -1.68. The Morgan fingerprint density at radius 3 is 2.44 bits per heavy atom. The summed E-state index contributed by atoms with van der Waals surface area (Å²) in [5.74, 6) is -2.31. The third-order valence-electron chi connectivity index (χ3n) is 2.56. The summed E-state index contributed by atoms with van der Waals surface area (Å²) in [6, 6.07) is 0. The lowest BCUT2D eigenvalue weighted by atomic mass is 9.92. The Kier molecular flexibility index (Phi) is 3.78. The van der Waals surface area contributed by atoms with Crippen molar-refractivity contribution in [3.8, 4) is 0 Å². The number of ether oxygens (including phenoxy) is 1. The summed E-state index contributed by atoms with van der Waals surface area (Å²) in [5, 5.41) is 29.0. The predicted molar refractivity (Wildman–Crippen MR) is 50.1 cm³/mol. The minimum atomic E-state index is -4.77. The average molecular weight is 258 g/mol. The molecule has 0 aromatic heterocycles. The van der Waals surface area contributed by atoms with E-state index in [1.54, 1.807) is 6.92 Å². The fraction of sp³-hybridized carbons (Fsp3) is 1.00. The van der Waals surface area contributed by atoms with Crippen LogP contribution in [-0.2, 0) is 13.8 Å². The summed E-state index contributed by atoms with van der Waals surface area (Å²) in [6.07, 6.45) is -1.58. The average Bonchev–Trinajstić information content (AvgIpc) is 2.41. The zero-order valence-corrected chi connectivity index (χ0v) is 9.50. The molecular weight excluding hydrogens is 243 g/mol. The van der Waals surface area contributed by atoms with Crippen molar-refractivity contribution in [3.63, 3.8) is 0 Å². The van der Waals surface area contributed by atoms with Gasteiger partial charge in [0.05, 0.1) is 6.61 Å². The van der Waals surface area contributed by atoms with Gasteiger partial charge in [0.15, 0.2) is 0 Å². The van der Waals surface area contributed by atoms with E-state index in [4.69, 9.17) is 14.5 Å². The molecule has 96 valence electrons. The number of hydrogen-bond acceptors (Lipinski definition) is 6. The summed E-state index contributed by atoms with van der Waals surface area (Å²) in [5.41, 5.74) is -1.65. The molecule has 3 atom stereocenters. The molecule has 5 N–H and O–H groups in total. The molecule has 0 aromatic rings. The van der Waals surface area contributed by atoms with Crippen molar-refractivity contribution in [2.24, 2.45) is 0 Å². The molecule has 1 rings (SSSR count). The highest BCUT2D eigenvalue weighted by Crippen LogP contribution is 2.40. The van der Waals surface area contributed by atoms with Gasteiger partial charge in [-0.2, -0.15) is 0 Å². The molecule has 1 aliphatic heterocycles. The summed E-state index contributed by atoms with van der Waals surface area (Å²) in [7, 11) is -4.77. The summed E-state index contributed by atoms with van der Waals surface area (Å²) in [4.78, 5) is 16.9. The van der Waals surface area contributed by atoms with Crippen LogP contribution in [0, 0.1) is 0 Å². The first kappa shape index (κ1) is 14.0. The number of aliphatic hydroxyl groups is 3. The molecule has 0 aliphatic carbocycles. The Labute approximate surface area is 91.7 Å². The fourth-order valence-electron chi connectivity index (χ4n) is 1.42. The maximum absolute atomic E-state index is 10.4. The molecule has 0 aromatic carbocycles. The molecule has 1 unspecified atom stereocenters. The summed E-state index contributed by atoms with van der Waals surface area (Å²) >= 11 is 0. The first-order valence-electron chi connectivity index (χ1n) is 4.60. The monoisotopic (exact) mass is 258 g/mol. The topological polar surface area (TPSA) is 137 Å². The first-order valence-corrected chi connectivity index (χ1v) is 6.13. The van der Waals surface area contributed by atoms with Gasteiger partial charge in [-0.15, -0.1) is 0 Å². The molecule has 9 heteroatoms. The lowest BCUT2D eigenvalue weighted by molar-refractivity contribution is -0.235. The Balaban J connectivity index is 2.70. The van der Waals surface area contributed by atoms with Crippen LogP contribution in [0.1, 0.15) is 13.3 Å². The first-order chi connectivity index (χ1) is 7.13. The van der Waals surface area contributed by atoms with Gasteiger partial charge in [0, 0.05) is 0 Å². The molecular formula is C7H15O8P. The molecule has 0 spiro atoms. The number of hydrogen-bond donors (Lipinski definition) is 5. The lowest BCUT2D eigenvalue weighted by Crippen LogP contribution is -2.52. The Bertz CT molecular complexity index is 303. The van der Waals surface area contributed by atoms with Crippen LogP contribution in [0.2, 0.25) is 0 Å². The van der Waals surface area contributed by atoms with Gasteiger partial charge in [-0.25, -0.2) is 4.57 Å². The zero-order valence-electron chi connectivity index (χ0n) is 8.61. The Morgan fingerprint density at radius 1 is 1.50 bits per heavy atom. The Hall–Kier alpha value is -0.0500. The molecule has 1 saturated heterocycles. The molecule has 16 heavy (non-hydrogen) atoms. The van der Waals surface area contributed by atoms with Gasteiger partial charge in [-0.1, -0.05) is 6.92 Å². The highest BCUT2D eigenvalue weighted by molar-refractivity contribution is 7.46. The fourth-order valence-corrected chi connectivity index (χ4v) is 1.77. The molecule has 8 nitrogen and oxygen atoms in total. The number of phosphoric acid groups is 1. The van der Waals surface area contributed by atoms with Gasteiger partial charge < -0.3 is 29.8 Å². The quantitative estimate of drug-likeness (QED) is 0.377. The van der Waals surface area contributed by atoms with E-state index in [9.17, 15) is 19.9 Å². The van der Waals surface area contributed by atoms with E-state index >= 15 is 0 Å². The van der Waals surface area contributed by atoms with Gasteiger partial charge >= 0.3 is 7.82 Å². The lowest BCUT2D eigenvalue weighted by Gasteiger charge is -2.29. The molecule has 1 heterocycles. The second-order valence-corrected chi connectivity index (χ2v) is 5.00.